The van der Waals surface area contributed by atoms with E-state index in [0.29, 0.717) is 34.4 Å². The quantitative estimate of drug-likeness (QED) is 0.430. The lowest BCUT2D eigenvalue weighted by atomic mass is 10.1. The van der Waals surface area contributed by atoms with Crippen LogP contribution in [0.5, 0.6) is 5.75 Å². The molecular formula is C21H19N5O5S. The van der Waals surface area contributed by atoms with Crippen molar-refractivity contribution in [3.8, 4) is 5.75 Å². The molecule has 0 radical (unpaired) electrons. The van der Waals surface area contributed by atoms with Crippen molar-refractivity contribution >= 4 is 39.7 Å². The number of methoxy groups -OCH3 is 1. The minimum atomic E-state index is -0.517. The highest BCUT2D eigenvalue weighted by atomic mass is 32.1. The van der Waals surface area contributed by atoms with Crippen LogP contribution in [0.1, 0.15) is 22.9 Å². The number of hydrogen-bond acceptors (Lipinski definition) is 8. The Morgan fingerprint density at radius 2 is 2.00 bits per heavy atom. The summed E-state index contributed by atoms with van der Waals surface area (Å²) in [5.41, 5.74) is 0.987. The van der Waals surface area contributed by atoms with Crippen LogP contribution in [-0.4, -0.2) is 40.6 Å². The second-order valence-electron chi connectivity index (χ2n) is 7.16. The van der Waals surface area contributed by atoms with Crippen molar-refractivity contribution < 1.29 is 19.2 Å². The number of amides is 2. The van der Waals surface area contributed by atoms with E-state index in [1.807, 2.05) is 12.1 Å². The maximum absolute atomic E-state index is 12.5. The molecule has 3 aromatic rings. The van der Waals surface area contributed by atoms with Gasteiger partial charge in [0.05, 0.1) is 18.5 Å². The lowest BCUT2D eigenvalue weighted by Gasteiger charge is -2.16. The van der Waals surface area contributed by atoms with Crippen LogP contribution in [0, 0.1) is 10.1 Å². The van der Waals surface area contributed by atoms with Crippen molar-refractivity contribution in [3.05, 3.63) is 69.2 Å². The highest BCUT2D eigenvalue weighted by Crippen LogP contribution is 2.34. The predicted molar refractivity (Wildman–Crippen MR) is 118 cm³/mol. The molecule has 1 aromatic heterocycles. The monoisotopic (exact) mass is 453 g/mol. The highest BCUT2D eigenvalue weighted by molar-refractivity contribution is 7.15. The largest absolute Gasteiger partial charge is 0.497 e. The van der Waals surface area contributed by atoms with Crippen LogP contribution in [0.15, 0.2) is 48.5 Å². The molecule has 32 heavy (non-hydrogen) atoms. The van der Waals surface area contributed by atoms with Gasteiger partial charge in [-0.1, -0.05) is 29.5 Å². The molecule has 10 nitrogen and oxygen atoms in total. The Bertz CT molecular complexity index is 1160. The van der Waals surface area contributed by atoms with Crippen molar-refractivity contribution in [1.82, 2.24) is 10.2 Å². The molecule has 1 aliphatic rings. The van der Waals surface area contributed by atoms with E-state index < -0.39 is 10.8 Å². The van der Waals surface area contributed by atoms with Crippen LogP contribution in [0.2, 0.25) is 0 Å². The van der Waals surface area contributed by atoms with Crippen LogP contribution in [-0.2, 0) is 16.0 Å². The smallest absolute Gasteiger partial charge is 0.273 e. The number of carbonyl (C=O) groups excluding carboxylic acids is 2. The third kappa shape index (κ3) is 4.57. The molecule has 1 aliphatic heterocycles. The third-order valence-electron chi connectivity index (χ3n) is 5.08. The Morgan fingerprint density at radius 3 is 2.72 bits per heavy atom. The maximum Gasteiger partial charge on any atom is 0.273 e. The Kier molecular flexibility index (Phi) is 6.08. The molecular weight excluding hydrogens is 434 g/mol. The van der Waals surface area contributed by atoms with Gasteiger partial charge in [0.2, 0.25) is 16.9 Å². The SMILES string of the molecule is COc1ccc(N2CC(c3nnc(NC(=O)Cc4ccccc4[N+](=O)[O-])s3)CC2=O)cc1. The maximum atomic E-state index is 12.5. The van der Waals surface area contributed by atoms with Gasteiger partial charge in [0, 0.05) is 36.2 Å². The number of nitro benzene ring substituents is 1. The van der Waals surface area contributed by atoms with Crippen molar-refractivity contribution in [3.63, 3.8) is 0 Å². The second-order valence-corrected chi connectivity index (χ2v) is 8.17. The molecule has 2 heterocycles. The van der Waals surface area contributed by atoms with E-state index in [9.17, 15) is 19.7 Å². The van der Waals surface area contributed by atoms with Crippen molar-refractivity contribution in [2.24, 2.45) is 0 Å². The summed E-state index contributed by atoms with van der Waals surface area (Å²) in [6.07, 6.45) is 0.143. The summed E-state index contributed by atoms with van der Waals surface area (Å²) in [6.45, 7) is 0.462. The summed E-state index contributed by atoms with van der Waals surface area (Å²) in [7, 11) is 1.58. The highest BCUT2D eigenvalue weighted by Gasteiger charge is 2.34. The molecule has 1 saturated heterocycles. The summed E-state index contributed by atoms with van der Waals surface area (Å²) >= 11 is 1.20. The molecule has 0 saturated carbocycles. The number of nitro groups is 1. The van der Waals surface area contributed by atoms with Gasteiger partial charge in [-0.25, -0.2) is 0 Å². The first-order valence-electron chi connectivity index (χ1n) is 9.74. The first-order valence-corrected chi connectivity index (χ1v) is 10.6. The van der Waals surface area contributed by atoms with E-state index in [1.165, 1.54) is 17.4 Å². The van der Waals surface area contributed by atoms with Crippen LogP contribution in [0.4, 0.5) is 16.5 Å². The molecule has 4 rings (SSSR count). The normalized spacial score (nSPS) is 15.6. The van der Waals surface area contributed by atoms with E-state index in [2.05, 4.69) is 15.5 Å². The Morgan fingerprint density at radius 1 is 1.25 bits per heavy atom. The Balaban J connectivity index is 1.40. The van der Waals surface area contributed by atoms with E-state index in [1.54, 1.807) is 42.3 Å². The van der Waals surface area contributed by atoms with E-state index in [0.717, 1.165) is 5.69 Å². The van der Waals surface area contributed by atoms with Crippen molar-refractivity contribution in [1.29, 1.82) is 0 Å². The molecule has 1 fully saturated rings. The number of ether oxygens (including phenoxy) is 1. The number of nitrogens with zero attached hydrogens (tertiary/aromatic N) is 4. The number of anilines is 2. The molecule has 0 aliphatic carbocycles. The topological polar surface area (TPSA) is 128 Å². The minimum Gasteiger partial charge on any atom is -0.497 e. The minimum absolute atomic E-state index is 0.0164. The first kappa shape index (κ1) is 21.4. The fraction of sp³-hybridized carbons (Fsp3) is 0.238. The van der Waals surface area contributed by atoms with Gasteiger partial charge >= 0.3 is 0 Å². The number of carbonyl (C=O) groups is 2. The van der Waals surface area contributed by atoms with Crippen molar-refractivity contribution in [2.75, 3.05) is 23.9 Å². The van der Waals surface area contributed by atoms with Crippen LogP contribution < -0.4 is 15.0 Å². The summed E-state index contributed by atoms with van der Waals surface area (Å²) in [5, 5.41) is 22.8. The van der Waals surface area contributed by atoms with Gasteiger partial charge in [0.1, 0.15) is 10.8 Å². The number of aromatic nitrogens is 2. The summed E-state index contributed by atoms with van der Waals surface area (Å²) in [6, 6.07) is 13.3. The average molecular weight is 453 g/mol. The molecule has 11 heteroatoms. The molecule has 1 atom stereocenters. The molecule has 2 amide bonds. The standard InChI is InChI=1S/C21H19N5O5S/c1-31-16-8-6-15(7-9-16)25-12-14(11-19(25)28)20-23-24-21(32-20)22-18(27)10-13-4-2-3-5-17(13)26(29)30/h2-9,14H,10-12H2,1H3,(H,22,24,27). The number of nitrogens with one attached hydrogen (secondary N) is 1. The number of hydrogen-bond donors (Lipinski definition) is 1. The lowest BCUT2D eigenvalue weighted by Crippen LogP contribution is -2.24. The third-order valence-corrected chi connectivity index (χ3v) is 6.09. The number of benzene rings is 2. The van der Waals surface area contributed by atoms with Gasteiger partial charge in [-0.05, 0) is 24.3 Å². The van der Waals surface area contributed by atoms with Gasteiger partial charge in [0.15, 0.2) is 0 Å². The number of rotatable bonds is 7. The van der Waals surface area contributed by atoms with Crippen LogP contribution in [0.25, 0.3) is 0 Å². The fourth-order valence-corrected chi connectivity index (χ4v) is 4.36. The second kappa shape index (κ2) is 9.10. The summed E-state index contributed by atoms with van der Waals surface area (Å²) in [4.78, 5) is 37.2. The zero-order valence-corrected chi connectivity index (χ0v) is 17.9. The Labute approximate surface area is 187 Å². The van der Waals surface area contributed by atoms with Gasteiger partial charge in [0.25, 0.3) is 5.69 Å². The Hall–Kier alpha value is -3.86. The summed E-state index contributed by atoms with van der Waals surface area (Å²) < 4.78 is 5.15. The first-order chi connectivity index (χ1) is 15.4. The number of para-hydroxylation sites is 1. The van der Waals surface area contributed by atoms with Crippen LogP contribution in [0.3, 0.4) is 0 Å². The lowest BCUT2D eigenvalue weighted by molar-refractivity contribution is -0.385. The average Bonchev–Trinajstić information content (AvgIpc) is 3.40. The zero-order chi connectivity index (χ0) is 22.7. The predicted octanol–water partition coefficient (Wildman–Crippen LogP) is 3.16. The summed E-state index contributed by atoms with van der Waals surface area (Å²) in [5.74, 6) is 0.131. The molecule has 2 aromatic carbocycles. The van der Waals surface area contributed by atoms with Crippen molar-refractivity contribution in [2.45, 2.75) is 18.8 Å². The van der Waals surface area contributed by atoms with Gasteiger partial charge < -0.3 is 15.0 Å². The molecule has 164 valence electrons. The fourth-order valence-electron chi connectivity index (χ4n) is 3.51. The molecule has 1 N–H and O–H groups in total. The van der Waals surface area contributed by atoms with E-state index >= 15 is 0 Å². The molecule has 1 unspecified atom stereocenters. The molecule has 0 bridgehead atoms. The van der Waals surface area contributed by atoms with E-state index in [-0.39, 0.29) is 23.9 Å². The van der Waals surface area contributed by atoms with Gasteiger partial charge in [-0.2, -0.15) is 0 Å². The van der Waals surface area contributed by atoms with E-state index in [4.69, 9.17) is 4.74 Å². The zero-order valence-electron chi connectivity index (χ0n) is 17.1. The van der Waals surface area contributed by atoms with Gasteiger partial charge in [-0.15, -0.1) is 10.2 Å². The molecule has 0 spiro atoms. The van der Waals surface area contributed by atoms with Gasteiger partial charge in [-0.3, -0.25) is 19.7 Å². The van der Waals surface area contributed by atoms with Crippen LogP contribution >= 0.6 is 11.3 Å².